The van der Waals surface area contributed by atoms with Gasteiger partial charge in [-0.05, 0) is 43.2 Å². The zero-order chi connectivity index (χ0) is 17.9. The molecule has 2 heterocycles. The number of amides is 1. The highest BCUT2D eigenvalue weighted by molar-refractivity contribution is 6.06. The zero-order valence-electron chi connectivity index (χ0n) is 14.5. The fraction of sp³-hybridized carbons (Fsp3) is 0.300. The highest BCUT2D eigenvalue weighted by Crippen LogP contribution is 2.23. The third-order valence-electron chi connectivity index (χ3n) is 4.33. The van der Waals surface area contributed by atoms with E-state index < -0.39 is 0 Å². The first-order chi connectivity index (χ1) is 12.7. The molecule has 6 heteroatoms. The number of nitrogens with zero attached hydrogens (tertiary/aromatic N) is 1. The van der Waals surface area contributed by atoms with Crippen molar-refractivity contribution in [3.05, 3.63) is 53.9 Å². The summed E-state index contributed by atoms with van der Waals surface area (Å²) in [7, 11) is 0. The summed E-state index contributed by atoms with van der Waals surface area (Å²) in [4.78, 5) is 17.0. The number of ether oxygens (including phenoxy) is 2. The second-order valence-corrected chi connectivity index (χ2v) is 6.31. The summed E-state index contributed by atoms with van der Waals surface area (Å²) in [5, 5.41) is 2.90. The summed E-state index contributed by atoms with van der Waals surface area (Å²) >= 11 is 0. The lowest BCUT2D eigenvalue weighted by Crippen LogP contribution is -2.19. The normalized spacial score (nSPS) is 16.7. The number of para-hydroxylation sites is 1. The first-order valence-corrected chi connectivity index (χ1v) is 8.71. The van der Waals surface area contributed by atoms with E-state index in [4.69, 9.17) is 13.9 Å². The van der Waals surface area contributed by atoms with Gasteiger partial charge in [0.1, 0.15) is 17.9 Å². The van der Waals surface area contributed by atoms with Crippen LogP contribution in [0.4, 0.5) is 5.69 Å². The van der Waals surface area contributed by atoms with Crippen LogP contribution in [-0.4, -0.2) is 30.2 Å². The quantitative estimate of drug-likeness (QED) is 0.753. The molecule has 134 valence electrons. The van der Waals surface area contributed by atoms with Gasteiger partial charge in [0, 0.05) is 19.2 Å². The number of benzene rings is 2. The topological polar surface area (TPSA) is 73.6 Å². The maximum atomic E-state index is 12.7. The monoisotopic (exact) mass is 352 g/mol. The van der Waals surface area contributed by atoms with Crippen molar-refractivity contribution in [2.24, 2.45) is 0 Å². The van der Waals surface area contributed by atoms with Gasteiger partial charge in [-0.2, -0.15) is 0 Å². The van der Waals surface area contributed by atoms with E-state index in [0.717, 1.165) is 19.4 Å². The van der Waals surface area contributed by atoms with Crippen LogP contribution >= 0.6 is 0 Å². The maximum Gasteiger partial charge on any atom is 0.259 e. The number of carbonyl (C=O) groups excluding carboxylic acids is 1. The van der Waals surface area contributed by atoms with Crippen LogP contribution in [0.2, 0.25) is 0 Å². The Kier molecular flexibility index (Phi) is 4.58. The SMILES string of the molecule is Cc1nc2cc(NC(=O)c3ccccc3OC[C@H]3CCCO3)ccc2o1. The number of aryl methyl sites for hydroxylation is 1. The molecule has 26 heavy (non-hydrogen) atoms. The largest absolute Gasteiger partial charge is 0.490 e. The molecule has 1 aliphatic rings. The Labute approximate surface area is 151 Å². The summed E-state index contributed by atoms with van der Waals surface area (Å²) in [6, 6.07) is 12.6. The number of hydrogen-bond donors (Lipinski definition) is 1. The Morgan fingerprint density at radius 2 is 2.19 bits per heavy atom. The van der Waals surface area contributed by atoms with Gasteiger partial charge in [0.2, 0.25) is 0 Å². The van der Waals surface area contributed by atoms with Crippen LogP contribution in [0.1, 0.15) is 29.1 Å². The van der Waals surface area contributed by atoms with Crippen LogP contribution in [0.15, 0.2) is 46.9 Å². The van der Waals surface area contributed by atoms with Crippen molar-refractivity contribution < 1.29 is 18.7 Å². The predicted molar refractivity (Wildman–Crippen MR) is 97.6 cm³/mol. The molecule has 0 radical (unpaired) electrons. The van der Waals surface area contributed by atoms with E-state index >= 15 is 0 Å². The molecule has 1 N–H and O–H groups in total. The fourth-order valence-corrected chi connectivity index (χ4v) is 3.06. The number of fused-ring (bicyclic) bond motifs is 1. The first-order valence-electron chi connectivity index (χ1n) is 8.71. The Morgan fingerprint density at radius 1 is 1.31 bits per heavy atom. The summed E-state index contributed by atoms with van der Waals surface area (Å²) in [6.07, 6.45) is 2.15. The summed E-state index contributed by atoms with van der Waals surface area (Å²) in [6.45, 7) is 3.02. The molecular weight excluding hydrogens is 332 g/mol. The van der Waals surface area contributed by atoms with Crippen molar-refractivity contribution in [2.75, 3.05) is 18.5 Å². The average molecular weight is 352 g/mol. The number of nitrogens with one attached hydrogen (secondary N) is 1. The molecule has 1 amide bonds. The lowest BCUT2D eigenvalue weighted by Gasteiger charge is -2.14. The molecule has 0 saturated carbocycles. The number of carbonyl (C=O) groups is 1. The van der Waals surface area contributed by atoms with E-state index in [1.165, 1.54) is 0 Å². The van der Waals surface area contributed by atoms with E-state index in [-0.39, 0.29) is 12.0 Å². The van der Waals surface area contributed by atoms with Crippen LogP contribution in [0.5, 0.6) is 5.75 Å². The van der Waals surface area contributed by atoms with Crippen LogP contribution < -0.4 is 10.1 Å². The van der Waals surface area contributed by atoms with Crippen LogP contribution in [0.25, 0.3) is 11.1 Å². The van der Waals surface area contributed by atoms with Gasteiger partial charge in [-0.15, -0.1) is 0 Å². The molecule has 0 bridgehead atoms. The molecule has 1 saturated heterocycles. The minimum absolute atomic E-state index is 0.101. The molecule has 4 rings (SSSR count). The van der Waals surface area contributed by atoms with Crippen molar-refractivity contribution in [3.63, 3.8) is 0 Å². The molecule has 1 atom stereocenters. The molecule has 0 aliphatic carbocycles. The van der Waals surface area contributed by atoms with E-state index in [1.54, 1.807) is 37.3 Å². The molecule has 1 fully saturated rings. The van der Waals surface area contributed by atoms with E-state index in [9.17, 15) is 4.79 Å². The molecule has 6 nitrogen and oxygen atoms in total. The van der Waals surface area contributed by atoms with Gasteiger partial charge in [-0.25, -0.2) is 4.98 Å². The molecule has 2 aromatic carbocycles. The number of hydrogen-bond acceptors (Lipinski definition) is 5. The molecular formula is C20H20N2O4. The zero-order valence-corrected chi connectivity index (χ0v) is 14.5. The first kappa shape index (κ1) is 16.6. The highest BCUT2D eigenvalue weighted by Gasteiger charge is 2.18. The molecule has 1 aliphatic heterocycles. The van der Waals surface area contributed by atoms with Crippen molar-refractivity contribution in [3.8, 4) is 5.75 Å². The van der Waals surface area contributed by atoms with Gasteiger partial charge in [0.25, 0.3) is 5.91 Å². The fourth-order valence-electron chi connectivity index (χ4n) is 3.06. The van der Waals surface area contributed by atoms with Gasteiger partial charge in [-0.3, -0.25) is 4.79 Å². The van der Waals surface area contributed by atoms with Gasteiger partial charge >= 0.3 is 0 Å². The molecule has 0 unspecified atom stereocenters. The van der Waals surface area contributed by atoms with E-state index in [1.807, 2.05) is 12.1 Å². The van der Waals surface area contributed by atoms with Crippen molar-refractivity contribution in [1.29, 1.82) is 0 Å². The minimum Gasteiger partial charge on any atom is -0.490 e. The predicted octanol–water partition coefficient (Wildman–Crippen LogP) is 3.95. The maximum absolute atomic E-state index is 12.7. The second kappa shape index (κ2) is 7.17. The number of oxazole rings is 1. The second-order valence-electron chi connectivity index (χ2n) is 6.31. The van der Waals surface area contributed by atoms with Crippen molar-refractivity contribution in [1.82, 2.24) is 4.98 Å². The van der Waals surface area contributed by atoms with Gasteiger partial charge < -0.3 is 19.2 Å². The Hall–Kier alpha value is -2.86. The third-order valence-corrected chi connectivity index (χ3v) is 4.33. The van der Waals surface area contributed by atoms with Crippen molar-refractivity contribution in [2.45, 2.75) is 25.9 Å². The van der Waals surface area contributed by atoms with E-state index in [0.29, 0.717) is 40.6 Å². The summed E-state index contributed by atoms with van der Waals surface area (Å²) in [5.41, 5.74) is 2.55. The Balaban J connectivity index is 1.49. The van der Waals surface area contributed by atoms with Gasteiger partial charge in [0.05, 0.1) is 11.7 Å². The van der Waals surface area contributed by atoms with Gasteiger partial charge in [-0.1, -0.05) is 12.1 Å². The lowest BCUT2D eigenvalue weighted by molar-refractivity contribution is 0.0673. The minimum atomic E-state index is -0.229. The smallest absolute Gasteiger partial charge is 0.259 e. The standard InChI is InChI=1S/C20H20N2O4/c1-13-21-17-11-14(8-9-19(17)26-13)22-20(23)16-6-2-3-7-18(16)25-12-15-5-4-10-24-15/h2-3,6-9,11,15H,4-5,10,12H2,1H3,(H,22,23)/t15-/m1/s1. The number of rotatable bonds is 5. The Morgan fingerprint density at radius 3 is 3.04 bits per heavy atom. The third kappa shape index (κ3) is 3.55. The van der Waals surface area contributed by atoms with Gasteiger partial charge in [0.15, 0.2) is 11.5 Å². The van der Waals surface area contributed by atoms with Crippen LogP contribution in [0.3, 0.4) is 0 Å². The molecule has 1 aromatic heterocycles. The Bertz CT molecular complexity index is 928. The molecule has 3 aromatic rings. The van der Waals surface area contributed by atoms with Crippen LogP contribution in [0, 0.1) is 6.92 Å². The van der Waals surface area contributed by atoms with Crippen LogP contribution in [-0.2, 0) is 4.74 Å². The highest BCUT2D eigenvalue weighted by atomic mass is 16.5. The summed E-state index contributed by atoms with van der Waals surface area (Å²) < 4.78 is 16.9. The van der Waals surface area contributed by atoms with Crippen molar-refractivity contribution >= 4 is 22.7 Å². The summed E-state index contributed by atoms with van der Waals surface area (Å²) in [5.74, 6) is 0.919. The number of aromatic nitrogens is 1. The average Bonchev–Trinajstić information content (AvgIpc) is 3.28. The van der Waals surface area contributed by atoms with E-state index in [2.05, 4.69) is 10.3 Å². The molecule has 0 spiro atoms. The number of anilines is 1. The lowest BCUT2D eigenvalue weighted by atomic mass is 10.1.